The summed E-state index contributed by atoms with van der Waals surface area (Å²) in [6.07, 6.45) is 1.87. The first-order valence-corrected chi connectivity index (χ1v) is 16.3. The number of ether oxygens (including phenoxy) is 2. The zero-order chi connectivity index (χ0) is 30.0. The van der Waals surface area contributed by atoms with Crippen molar-refractivity contribution in [2.45, 2.75) is 26.5 Å². The van der Waals surface area contributed by atoms with Crippen molar-refractivity contribution in [2.75, 3.05) is 25.6 Å². The monoisotopic (exact) mass is 805 g/mol. The second-order valence-corrected chi connectivity index (χ2v) is 13.3. The van der Waals surface area contributed by atoms with E-state index in [1.54, 1.807) is 18.4 Å². The fourth-order valence-electron chi connectivity index (χ4n) is 4.68. The molecule has 0 bridgehead atoms. The van der Waals surface area contributed by atoms with Crippen molar-refractivity contribution >= 4 is 74.3 Å². The number of hydrogen-bond acceptors (Lipinski definition) is 7. The summed E-state index contributed by atoms with van der Waals surface area (Å²) in [4.78, 5) is 34.2. The van der Waals surface area contributed by atoms with Gasteiger partial charge in [0.15, 0.2) is 4.80 Å². The van der Waals surface area contributed by atoms with Crippen LogP contribution in [0.15, 0.2) is 87.8 Å². The van der Waals surface area contributed by atoms with Gasteiger partial charge in [-0.2, -0.15) is 0 Å². The smallest absolute Gasteiger partial charge is 0.338 e. The molecule has 0 fully saturated rings. The molecule has 0 radical (unpaired) electrons. The van der Waals surface area contributed by atoms with Gasteiger partial charge in [-0.25, -0.2) is 9.79 Å². The molecule has 1 aromatic heterocycles. The summed E-state index contributed by atoms with van der Waals surface area (Å²) in [7, 11) is 3.94. The van der Waals surface area contributed by atoms with Crippen molar-refractivity contribution in [1.29, 1.82) is 0 Å². The van der Waals surface area contributed by atoms with Crippen LogP contribution in [0.5, 0.6) is 5.75 Å². The Bertz CT molecular complexity index is 1840. The van der Waals surface area contributed by atoms with Crippen molar-refractivity contribution in [3.63, 3.8) is 0 Å². The number of anilines is 1. The average molecular weight is 805 g/mol. The van der Waals surface area contributed by atoms with Gasteiger partial charge in [-0.3, -0.25) is 9.36 Å². The summed E-state index contributed by atoms with van der Waals surface area (Å²) in [6.45, 7) is 4.24. The first-order chi connectivity index (χ1) is 20.2. The Morgan fingerprint density at radius 2 is 1.79 bits per heavy atom. The minimum atomic E-state index is -0.637. The maximum Gasteiger partial charge on any atom is 0.338 e. The predicted molar refractivity (Wildman–Crippen MR) is 184 cm³/mol. The predicted octanol–water partition coefficient (Wildman–Crippen LogP) is 5.65. The Hall–Kier alpha value is -2.97. The normalized spacial score (nSPS) is 14.8. The van der Waals surface area contributed by atoms with E-state index in [9.17, 15) is 9.59 Å². The summed E-state index contributed by atoms with van der Waals surface area (Å²) < 4.78 is 15.8. The maximum atomic E-state index is 13.9. The molecule has 216 valence electrons. The second-order valence-electron chi connectivity index (χ2n) is 9.89. The number of benzene rings is 3. The molecule has 0 N–H and O–H groups in total. The molecule has 3 aromatic carbocycles. The quantitative estimate of drug-likeness (QED) is 0.170. The minimum absolute atomic E-state index is 0.199. The van der Waals surface area contributed by atoms with Crippen LogP contribution < -0.4 is 24.5 Å². The number of rotatable bonds is 8. The number of fused-ring (bicyclic) bond motifs is 1. The van der Waals surface area contributed by atoms with Crippen molar-refractivity contribution in [3.8, 4) is 5.75 Å². The molecule has 0 unspecified atom stereocenters. The van der Waals surface area contributed by atoms with Gasteiger partial charge >= 0.3 is 5.97 Å². The lowest BCUT2D eigenvalue weighted by Crippen LogP contribution is -2.39. The largest absolute Gasteiger partial charge is 0.488 e. The van der Waals surface area contributed by atoms with Crippen LogP contribution in [0.2, 0.25) is 0 Å². The maximum absolute atomic E-state index is 13.9. The fourth-order valence-corrected chi connectivity index (χ4v) is 7.48. The van der Waals surface area contributed by atoms with Crippen LogP contribution in [0, 0.1) is 7.14 Å². The zero-order valence-electron chi connectivity index (χ0n) is 23.6. The fraction of sp³-hybridized carbons (Fsp3) is 0.219. The molecule has 0 amide bonds. The Balaban J connectivity index is 1.49. The number of thiazole rings is 1. The van der Waals surface area contributed by atoms with Crippen LogP contribution in [0.1, 0.15) is 36.6 Å². The molecule has 1 aliphatic rings. The number of hydrogen-bond donors (Lipinski definition) is 0. The van der Waals surface area contributed by atoms with Crippen molar-refractivity contribution < 1.29 is 14.3 Å². The van der Waals surface area contributed by atoms with Crippen LogP contribution in [0.4, 0.5) is 5.69 Å². The molecule has 10 heteroatoms. The second kappa shape index (κ2) is 13.1. The van der Waals surface area contributed by atoms with Gasteiger partial charge in [0, 0.05) is 23.4 Å². The lowest BCUT2D eigenvalue weighted by molar-refractivity contribution is -0.139. The lowest BCUT2D eigenvalue weighted by Gasteiger charge is -2.25. The highest BCUT2D eigenvalue weighted by Gasteiger charge is 2.33. The topological polar surface area (TPSA) is 73.1 Å². The molecule has 7 nitrogen and oxygen atoms in total. The molecule has 42 heavy (non-hydrogen) atoms. The standard InChI is InChI=1S/C32H29I2N3O4S/c1-5-40-31(39)28-19(2)35-32-37(29(28)22-10-13-24(14-11-22)36(3)4)30(38)27(42-32)16-20-6-8-21(9-7-20)18-41-26-15-12-23(33)17-25(26)34/h6-17,29H,5,18H2,1-4H3/b27-16-/t29-/m0/s1. The molecule has 0 spiro atoms. The van der Waals surface area contributed by atoms with Gasteiger partial charge in [0.2, 0.25) is 0 Å². The van der Waals surface area contributed by atoms with E-state index >= 15 is 0 Å². The third-order valence-electron chi connectivity index (χ3n) is 6.81. The SMILES string of the molecule is CCOC(=O)C1=C(C)N=c2s/c(=C\c3ccc(COc4ccc(I)cc4I)cc3)c(=O)n2[C@H]1c1ccc(N(C)C)cc1. The molecular weight excluding hydrogens is 776 g/mol. The third kappa shape index (κ3) is 6.50. The Morgan fingerprint density at radius 3 is 2.43 bits per heavy atom. The summed E-state index contributed by atoms with van der Waals surface area (Å²) in [5, 5.41) is 0. The molecular formula is C32H29I2N3O4S. The van der Waals surface area contributed by atoms with Gasteiger partial charge in [0.25, 0.3) is 5.56 Å². The van der Waals surface area contributed by atoms with Gasteiger partial charge in [-0.05, 0) is 112 Å². The van der Waals surface area contributed by atoms with Gasteiger partial charge in [-0.1, -0.05) is 47.7 Å². The van der Waals surface area contributed by atoms with Crippen molar-refractivity contribution in [2.24, 2.45) is 4.99 Å². The van der Waals surface area contributed by atoms with E-state index < -0.39 is 12.0 Å². The zero-order valence-corrected chi connectivity index (χ0v) is 28.7. The first kappa shape index (κ1) is 30.5. The van der Waals surface area contributed by atoms with Gasteiger partial charge in [0.1, 0.15) is 12.4 Å². The Morgan fingerprint density at radius 1 is 1.07 bits per heavy atom. The van der Waals surface area contributed by atoms with E-state index in [2.05, 4.69) is 56.2 Å². The highest BCUT2D eigenvalue weighted by atomic mass is 127. The van der Waals surface area contributed by atoms with E-state index in [4.69, 9.17) is 9.47 Å². The van der Waals surface area contributed by atoms with Crippen LogP contribution in [-0.2, 0) is 16.1 Å². The number of halogens is 2. The Labute approximate surface area is 275 Å². The summed E-state index contributed by atoms with van der Waals surface area (Å²) in [5.74, 6) is 0.386. The third-order valence-corrected chi connectivity index (χ3v) is 9.30. The molecule has 0 saturated carbocycles. The van der Waals surface area contributed by atoms with Gasteiger partial charge in [-0.15, -0.1) is 0 Å². The van der Waals surface area contributed by atoms with Crippen LogP contribution in [0.3, 0.4) is 0 Å². The molecule has 1 atom stereocenters. The Kier molecular flexibility index (Phi) is 9.53. The van der Waals surface area contributed by atoms with Crippen LogP contribution in [0.25, 0.3) is 6.08 Å². The molecule has 0 saturated heterocycles. The van der Waals surface area contributed by atoms with Crippen LogP contribution >= 0.6 is 56.5 Å². The molecule has 5 rings (SSSR count). The van der Waals surface area contributed by atoms with Gasteiger partial charge < -0.3 is 14.4 Å². The van der Waals surface area contributed by atoms with E-state index in [1.807, 2.05) is 85.7 Å². The van der Waals surface area contributed by atoms with Crippen LogP contribution in [-0.4, -0.2) is 31.2 Å². The van der Waals surface area contributed by atoms with E-state index in [0.717, 1.165) is 31.7 Å². The number of esters is 1. The molecule has 1 aliphatic heterocycles. The highest BCUT2D eigenvalue weighted by molar-refractivity contribution is 14.1. The van der Waals surface area contributed by atoms with E-state index in [1.165, 1.54) is 14.9 Å². The average Bonchev–Trinajstić information content (AvgIpc) is 3.26. The molecule has 0 aliphatic carbocycles. The summed E-state index contributed by atoms with van der Waals surface area (Å²) in [6, 6.07) is 21.3. The molecule has 4 aromatic rings. The van der Waals surface area contributed by atoms with Crippen molar-refractivity contribution in [1.82, 2.24) is 4.57 Å². The minimum Gasteiger partial charge on any atom is -0.488 e. The molecule has 2 heterocycles. The van der Waals surface area contributed by atoms with E-state index in [0.29, 0.717) is 27.2 Å². The number of carbonyl (C=O) groups excluding carboxylic acids is 1. The number of allylic oxidation sites excluding steroid dienone is 1. The van der Waals surface area contributed by atoms with Gasteiger partial charge in [0.05, 0.1) is 32.0 Å². The lowest BCUT2D eigenvalue weighted by atomic mass is 9.95. The number of carbonyl (C=O) groups is 1. The van der Waals surface area contributed by atoms with E-state index in [-0.39, 0.29) is 12.2 Å². The first-order valence-electron chi connectivity index (χ1n) is 13.3. The number of nitrogens with zero attached hydrogens (tertiary/aromatic N) is 3. The highest BCUT2D eigenvalue weighted by Crippen LogP contribution is 2.31. The number of aromatic nitrogens is 1. The summed E-state index contributed by atoms with van der Waals surface area (Å²) >= 11 is 5.88. The van der Waals surface area contributed by atoms with Crippen molar-refractivity contribution in [3.05, 3.63) is 122 Å². The summed E-state index contributed by atoms with van der Waals surface area (Å²) in [5.41, 5.74) is 4.48.